The van der Waals surface area contributed by atoms with Crippen LogP contribution in [0, 0.1) is 0 Å². The number of phosphoric ester groups is 1. The molecule has 0 aromatic rings. The zero-order valence-corrected chi connectivity index (χ0v) is 50.2. The Morgan fingerprint density at radius 3 is 1.09 bits per heavy atom. The third kappa shape index (κ3) is 59.2. The topological polar surface area (TPSA) is 108 Å². The van der Waals surface area contributed by atoms with E-state index in [1.807, 2.05) is 21.1 Å². The number of quaternary nitrogens is 1. The number of hydrogen-bond acceptors (Lipinski definition) is 7. The van der Waals surface area contributed by atoms with Crippen LogP contribution in [0.15, 0.2) is 48.6 Å². The summed E-state index contributed by atoms with van der Waals surface area (Å²) in [6.45, 7) is 4.46. The Labute approximate surface area is 458 Å². The molecule has 0 aliphatic heterocycles. The van der Waals surface area contributed by atoms with Gasteiger partial charge in [-0.25, -0.2) is 4.57 Å². The molecule has 0 heterocycles. The number of likely N-dealkylation sites (N-methyl/N-ethyl adjacent to an activating group) is 1. The highest BCUT2D eigenvalue weighted by Crippen LogP contribution is 2.43. The molecule has 0 aliphatic carbocycles. The molecule has 0 spiro atoms. The second-order valence-electron chi connectivity index (χ2n) is 22.4. The van der Waals surface area contributed by atoms with E-state index in [2.05, 4.69) is 62.5 Å². The number of allylic oxidation sites excluding steroid dienone is 8. The standard InChI is InChI=1S/C64H120NO8P/c1-6-8-10-12-14-16-18-20-22-24-26-28-29-30-31-32-33-34-35-37-39-41-43-45-47-49-51-53-55-57-64(67)73-62(61-72-74(68,69)71-59-58-65(3,4)5)60-70-63(66)56-54-52-50-48-46-44-42-40-38-36-27-25-23-21-19-17-15-13-11-9-7-2/h18,20,24-27,29-30,62H,6-17,19,21-23,28,31-61H2,1-5H3/p+1/b20-18-,26-24-,27-25-,30-29-. The van der Waals surface area contributed by atoms with E-state index in [4.69, 9.17) is 18.5 Å². The summed E-state index contributed by atoms with van der Waals surface area (Å²) >= 11 is 0. The predicted octanol–water partition coefficient (Wildman–Crippen LogP) is 19.7. The Bertz CT molecular complexity index is 1390. The first-order valence-corrected chi connectivity index (χ1v) is 32.9. The van der Waals surface area contributed by atoms with Crippen LogP contribution in [0.2, 0.25) is 0 Å². The molecule has 0 fully saturated rings. The van der Waals surface area contributed by atoms with Crippen molar-refractivity contribution in [2.45, 2.75) is 302 Å². The zero-order valence-electron chi connectivity index (χ0n) is 49.3. The van der Waals surface area contributed by atoms with E-state index < -0.39 is 26.5 Å². The number of phosphoric acid groups is 1. The Balaban J connectivity index is 4.10. The van der Waals surface area contributed by atoms with Crippen molar-refractivity contribution < 1.29 is 42.1 Å². The molecular formula is C64H121NO8P+. The molecule has 0 saturated heterocycles. The highest BCUT2D eigenvalue weighted by Gasteiger charge is 2.27. The van der Waals surface area contributed by atoms with Gasteiger partial charge < -0.3 is 18.9 Å². The van der Waals surface area contributed by atoms with Crippen LogP contribution in [-0.2, 0) is 32.7 Å². The highest BCUT2D eigenvalue weighted by atomic mass is 31.2. The normalized spacial score (nSPS) is 13.5. The molecule has 2 unspecified atom stereocenters. The number of hydrogen-bond donors (Lipinski definition) is 1. The van der Waals surface area contributed by atoms with Gasteiger partial charge >= 0.3 is 19.8 Å². The number of esters is 2. The Morgan fingerprint density at radius 2 is 0.730 bits per heavy atom. The maximum absolute atomic E-state index is 12.8. The molecule has 9 nitrogen and oxygen atoms in total. The lowest BCUT2D eigenvalue weighted by molar-refractivity contribution is -0.870. The summed E-state index contributed by atoms with van der Waals surface area (Å²) in [5, 5.41) is 0. The van der Waals surface area contributed by atoms with Gasteiger partial charge in [0.15, 0.2) is 6.10 Å². The molecule has 0 aromatic heterocycles. The number of unbranched alkanes of at least 4 members (excludes halogenated alkanes) is 36. The lowest BCUT2D eigenvalue weighted by atomic mass is 10.0. The van der Waals surface area contributed by atoms with Crippen molar-refractivity contribution in [1.82, 2.24) is 0 Å². The minimum Gasteiger partial charge on any atom is -0.462 e. The molecule has 0 saturated carbocycles. The summed E-state index contributed by atoms with van der Waals surface area (Å²) < 4.78 is 34.6. The Kier molecular flexibility index (Phi) is 54.2. The van der Waals surface area contributed by atoms with Crippen LogP contribution in [0.5, 0.6) is 0 Å². The first kappa shape index (κ1) is 72.0. The SMILES string of the molecule is CCCCCCC/C=C\C/C=C\C/C=C\CCCCCCCCCCCCCCCCC(=O)OC(COC(=O)CCCCCCCCCCC/C=C\CCCCCCCCCC)COP(=O)(O)OCC[N+](C)(C)C. The first-order chi connectivity index (χ1) is 36.0. The molecule has 1 N–H and O–H groups in total. The van der Waals surface area contributed by atoms with E-state index in [-0.39, 0.29) is 32.0 Å². The fourth-order valence-electron chi connectivity index (χ4n) is 8.96. The van der Waals surface area contributed by atoms with E-state index in [0.717, 1.165) is 44.9 Å². The molecule has 2 atom stereocenters. The molecule has 434 valence electrons. The van der Waals surface area contributed by atoms with Crippen molar-refractivity contribution in [2.75, 3.05) is 47.5 Å². The number of carbonyl (C=O) groups excluding carboxylic acids is 2. The highest BCUT2D eigenvalue weighted by molar-refractivity contribution is 7.47. The van der Waals surface area contributed by atoms with Crippen LogP contribution in [0.1, 0.15) is 296 Å². The quantitative estimate of drug-likeness (QED) is 0.0211. The van der Waals surface area contributed by atoms with E-state index >= 15 is 0 Å². The van der Waals surface area contributed by atoms with Crippen LogP contribution >= 0.6 is 7.82 Å². The Morgan fingerprint density at radius 1 is 0.419 bits per heavy atom. The molecular weight excluding hydrogens is 942 g/mol. The van der Waals surface area contributed by atoms with Crippen LogP contribution < -0.4 is 0 Å². The van der Waals surface area contributed by atoms with Gasteiger partial charge in [-0.2, -0.15) is 0 Å². The molecule has 0 aliphatic rings. The van der Waals surface area contributed by atoms with Crippen molar-refractivity contribution in [1.29, 1.82) is 0 Å². The van der Waals surface area contributed by atoms with Gasteiger partial charge in [0.05, 0.1) is 27.7 Å². The molecule has 0 radical (unpaired) electrons. The molecule has 0 amide bonds. The summed E-state index contributed by atoms with van der Waals surface area (Å²) in [6.07, 6.45) is 70.4. The van der Waals surface area contributed by atoms with E-state index in [0.29, 0.717) is 17.4 Å². The molecule has 0 aromatic carbocycles. The van der Waals surface area contributed by atoms with Crippen molar-refractivity contribution in [3.63, 3.8) is 0 Å². The lowest BCUT2D eigenvalue weighted by Gasteiger charge is -2.24. The fraction of sp³-hybridized carbons (Fsp3) is 0.844. The lowest BCUT2D eigenvalue weighted by Crippen LogP contribution is -2.37. The Hall–Kier alpha value is -2.03. The monoisotopic (exact) mass is 1060 g/mol. The van der Waals surface area contributed by atoms with Crippen molar-refractivity contribution >= 4 is 19.8 Å². The maximum Gasteiger partial charge on any atom is 0.472 e. The second kappa shape index (κ2) is 55.7. The summed E-state index contributed by atoms with van der Waals surface area (Å²) in [5.41, 5.74) is 0. The molecule has 0 rings (SSSR count). The van der Waals surface area contributed by atoms with Crippen molar-refractivity contribution in [3.05, 3.63) is 48.6 Å². The second-order valence-corrected chi connectivity index (χ2v) is 23.9. The van der Waals surface area contributed by atoms with Crippen molar-refractivity contribution in [2.24, 2.45) is 0 Å². The first-order valence-electron chi connectivity index (χ1n) is 31.4. The van der Waals surface area contributed by atoms with Gasteiger partial charge in [0.2, 0.25) is 0 Å². The van der Waals surface area contributed by atoms with E-state index in [9.17, 15) is 19.0 Å². The number of ether oxygens (including phenoxy) is 2. The zero-order chi connectivity index (χ0) is 54.2. The van der Waals surface area contributed by atoms with Gasteiger partial charge in [-0.3, -0.25) is 18.6 Å². The number of carbonyl (C=O) groups is 2. The summed E-state index contributed by atoms with van der Waals surface area (Å²) in [4.78, 5) is 35.8. The average Bonchev–Trinajstić information content (AvgIpc) is 3.36. The smallest absolute Gasteiger partial charge is 0.462 e. The minimum atomic E-state index is -4.39. The van der Waals surface area contributed by atoms with Gasteiger partial charge in [-0.05, 0) is 77.0 Å². The van der Waals surface area contributed by atoms with E-state index in [1.165, 1.54) is 218 Å². The van der Waals surface area contributed by atoms with Crippen LogP contribution in [0.3, 0.4) is 0 Å². The van der Waals surface area contributed by atoms with Gasteiger partial charge in [0.1, 0.15) is 19.8 Å². The third-order valence-electron chi connectivity index (χ3n) is 13.8. The molecule has 10 heteroatoms. The third-order valence-corrected chi connectivity index (χ3v) is 14.8. The van der Waals surface area contributed by atoms with E-state index in [1.54, 1.807) is 0 Å². The van der Waals surface area contributed by atoms with Crippen LogP contribution in [0.4, 0.5) is 0 Å². The summed E-state index contributed by atoms with van der Waals surface area (Å²) in [6, 6.07) is 0. The van der Waals surface area contributed by atoms with Crippen molar-refractivity contribution in [3.8, 4) is 0 Å². The minimum absolute atomic E-state index is 0.0316. The van der Waals surface area contributed by atoms with Crippen LogP contribution in [0.25, 0.3) is 0 Å². The molecule has 74 heavy (non-hydrogen) atoms. The van der Waals surface area contributed by atoms with Crippen LogP contribution in [-0.4, -0.2) is 74.9 Å². The van der Waals surface area contributed by atoms with Gasteiger partial charge in [0.25, 0.3) is 0 Å². The number of rotatable bonds is 58. The summed E-state index contributed by atoms with van der Waals surface area (Å²) in [7, 11) is 1.48. The number of nitrogens with zero attached hydrogens (tertiary/aromatic N) is 1. The maximum atomic E-state index is 12.8. The average molecular weight is 1060 g/mol. The van der Waals surface area contributed by atoms with Gasteiger partial charge in [0, 0.05) is 12.8 Å². The fourth-order valence-corrected chi connectivity index (χ4v) is 9.70. The van der Waals surface area contributed by atoms with Gasteiger partial charge in [-0.15, -0.1) is 0 Å². The van der Waals surface area contributed by atoms with Gasteiger partial charge in [-0.1, -0.05) is 255 Å². The largest absolute Gasteiger partial charge is 0.472 e. The summed E-state index contributed by atoms with van der Waals surface area (Å²) in [5.74, 6) is -0.789. The molecule has 0 bridgehead atoms. The predicted molar refractivity (Wildman–Crippen MR) is 317 cm³/mol.